The van der Waals surface area contributed by atoms with Crippen LogP contribution in [0.4, 0.5) is 11.8 Å². The molecule has 8 heteroatoms. The first-order chi connectivity index (χ1) is 9.24. The molecule has 0 radical (unpaired) electrons. The Morgan fingerprint density at radius 2 is 2.32 bits per heavy atom. The summed E-state index contributed by atoms with van der Waals surface area (Å²) in [4.78, 5) is 19.6. The quantitative estimate of drug-likeness (QED) is 0.668. The van der Waals surface area contributed by atoms with Gasteiger partial charge in [-0.05, 0) is 0 Å². The van der Waals surface area contributed by atoms with Crippen LogP contribution in [-0.2, 0) is 0 Å². The number of fused-ring (bicyclic) bond motifs is 1. The van der Waals surface area contributed by atoms with E-state index in [4.69, 9.17) is 5.73 Å². The number of nitrogens with zero attached hydrogens (tertiary/aromatic N) is 4. The first kappa shape index (κ1) is 11.8. The van der Waals surface area contributed by atoms with Crippen molar-refractivity contribution < 1.29 is 0 Å². The minimum absolute atomic E-state index is 0.212. The molecule has 7 nitrogen and oxygen atoms in total. The van der Waals surface area contributed by atoms with Crippen LogP contribution in [0.15, 0.2) is 17.9 Å². The maximum atomic E-state index is 5.66. The molecule has 3 rings (SSSR count). The highest BCUT2D eigenvalue weighted by Gasteiger charge is 2.11. The number of rotatable bonds is 4. The lowest BCUT2D eigenvalue weighted by molar-refractivity contribution is 0.792. The fraction of sp³-hybridized carbons (Fsp3) is 0.273. The van der Waals surface area contributed by atoms with Crippen LogP contribution >= 0.6 is 11.3 Å². The molecule has 0 spiro atoms. The Bertz CT molecular complexity index is 675. The Hall–Kier alpha value is -2.22. The lowest BCUT2D eigenvalue weighted by Crippen LogP contribution is -2.12. The molecule has 3 aromatic heterocycles. The number of imidazole rings is 1. The standard InChI is InChI=1S/C11H13N7S/c1-6(10-13-2-3-19-10)4-14-8-7-9(16-5-15-7)18-11(12)17-8/h2-3,5-6H,4H2,1H3,(H4,12,14,15,16,17,18). The van der Waals surface area contributed by atoms with Gasteiger partial charge in [0.25, 0.3) is 0 Å². The molecule has 3 aromatic rings. The summed E-state index contributed by atoms with van der Waals surface area (Å²) in [6, 6.07) is 0. The Morgan fingerprint density at radius 1 is 1.42 bits per heavy atom. The van der Waals surface area contributed by atoms with Crippen molar-refractivity contribution in [1.82, 2.24) is 24.9 Å². The van der Waals surface area contributed by atoms with Gasteiger partial charge in [0.05, 0.1) is 11.3 Å². The van der Waals surface area contributed by atoms with Gasteiger partial charge in [0.2, 0.25) is 5.95 Å². The fourth-order valence-electron chi connectivity index (χ4n) is 1.79. The highest BCUT2D eigenvalue weighted by Crippen LogP contribution is 2.21. The van der Waals surface area contributed by atoms with E-state index in [1.807, 2.05) is 11.6 Å². The lowest BCUT2D eigenvalue weighted by atomic mass is 10.2. The number of hydrogen-bond acceptors (Lipinski definition) is 7. The fourth-order valence-corrected chi connectivity index (χ4v) is 2.49. The molecular formula is C11H13N7S. The minimum Gasteiger partial charge on any atom is -0.368 e. The third-order valence-electron chi connectivity index (χ3n) is 2.75. The summed E-state index contributed by atoms with van der Waals surface area (Å²) in [6.45, 7) is 2.83. The first-order valence-electron chi connectivity index (χ1n) is 5.84. The van der Waals surface area contributed by atoms with Crippen molar-refractivity contribution in [1.29, 1.82) is 0 Å². The molecule has 1 unspecified atom stereocenters. The number of nitrogens with two attached hydrogens (primary N) is 1. The van der Waals surface area contributed by atoms with Crippen molar-refractivity contribution >= 4 is 34.3 Å². The Kier molecular flexibility index (Phi) is 3.00. The predicted molar refractivity (Wildman–Crippen MR) is 75.1 cm³/mol. The van der Waals surface area contributed by atoms with E-state index in [0.29, 0.717) is 17.4 Å². The molecule has 0 fully saturated rings. The van der Waals surface area contributed by atoms with Gasteiger partial charge in [0, 0.05) is 24.0 Å². The summed E-state index contributed by atoms with van der Waals surface area (Å²) in [6.07, 6.45) is 3.39. The van der Waals surface area contributed by atoms with E-state index in [0.717, 1.165) is 17.1 Å². The molecule has 0 aliphatic carbocycles. The second kappa shape index (κ2) is 4.81. The molecule has 3 heterocycles. The molecule has 0 saturated carbocycles. The van der Waals surface area contributed by atoms with E-state index >= 15 is 0 Å². The maximum absolute atomic E-state index is 5.66. The topological polar surface area (TPSA) is 105 Å². The number of nitrogens with one attached hydrogen (secondary N) is 2. The van der Waals surface area contributed by atoms with Crippen molar-refractivity contribution in [2.45, 2.75) is 12.8 Å². The number of anilines is 2. The van der Waals surface area contributed by atoms with Crippen molar-refractivity contribution in [2.75, 3.05) is 17.6 Å². The number of thiazole rings is 1. The molecule has 0 aliphatic heterocycles. The number of aromatic nitrogens is 5. The van der Waals surface area contributed by atoms with Crippen LogP contribution in [0, 0.1) is 0 Å². The largest absolute Gasteiger partial charge is 0.368 e. The molecule has 19 heavy (non-hydrogen) atoms. The van der Waals surface area contributed by atoms with Crippen LogP contribution in [0.5, 0.6) is 0 Å². The minimum atomic E-state index is 0.212. The second-order valence-electron chi connectivity index (χ2n) is 4.18. The second-order valence-corrected chi connectivity index (χ2v) is 5.11. The maximum Gasteiger partial charge on any atom is 0.224 e. The van der Waals surface area contributed by atoms with Gasteiger partial charge in [-0.25, -0.2) is 9.97 Å². The summed E-state index contributed by atoms with van der Waals surface area (Å²) in [5.41, 5.74) is 6.99. The zero-order chi connectivity index (χ0) is 13.2. The molecule has 0 aliphatic rings. The van der Waals surface area contributed by atoms with Gasteiger partial charge >= 0.3 is 0 Å². The highest BCUT2D eigenvalue weighted by molar-refractivity contribution is 7.09. The molecular weight excluding hydrogens is 262 g/mol. The number of aromatic amines is 1. The molecule has 98 valence electrons. The summed E-state index contributed by atoms with van der Waals surface area (Å²) in [7, 11) is 0. The van der Waals surface area contributed by atoms with E-state index in [1.165, 1.54) is 0 Å². The van der Waals surface area contributed by atoms with Crippen molar-refractivity contribution in [2.24, 2.45) is 0 Å². The molecule has 0 aromatic carbocycles. The van der Waals surface area contributed by atoms with Crippen molar-refractivity contribution in [3.05, 3.63) is 22.9 Å². The third-order valence-corrected chi connectivity index (χ3v) is 3.76. The summed E-state index contributed by atoms with van der Waals surface area (Å²) < 4.78 is 0. The van der Waals surface area contributed by atoms with Crippen LogP contribution in [0.1, 0.15) is 17.8 Å². The van der Waals surface area contributed by atoms with Gasteiger partial charge < -0.3 is 16.0 Å². The van der Waals surface area contributed by atoms with Crippen LogP contribution in [0.3, 0.4) is 0 Å². The van der Waals surface area contributed by atoms with Gasteiger partial charge in [-0.15, -0.1) is 11.3 Å². The Balaban J connectivity index is 1.80. The Morgan fingerprint density at radius 3 is 3.11 bits per heavy atom. The van der Waals surface area contributed by atoms with Gasteiger partial charge in [-0.3, -0.25) is 0 Å². The monoisotopic (exact) mass is 275 g/mol. The number of H-pyrrole nitrogens is 1. The van der Waals surface area contributed by atoms with Crippen LogP contribution in [0.25, 0.3) is 11.2 Å². The van der Waals surface area contributed by atoms with E-state index < -0.39 is 0 Å². The van der Waals surface area contributed by atoms with Crippen molar-refractivity contribution in [3.63, 3.8) is 0 Å². The molecule has 4 N–H and O–H groups in total. The molecule has 1 atom stereocenters. The van der Waals surface area contributed by atoms with Gasteiger partial charge in [0.1, 0.15) is 5.52 Å². The SMILES string of the molecule is CC(CNc1nc(N)nc2nc[nH]c12)c1nccs1. The van der Waals surface area contributed by atoms with Crippen LogP contribution in [0.2, 0.25) is 0 Å². The number of nitrogen functional groups attached to an aromatic ring is 1. The summed E-state index contributed by atoms with van der Waals surface area (Å²) in [5.74, 6) is 1.18. The highest BCUT2D eigenvalue weighted by atomic mass is 32.1. The summed E-state index contributed by atoms with van der Waals surface area (Å²) >= 11 is 1.65. The Labute approximate surface area is 113 Å². The van der Waals surface area contributed by atoms with E-state index in [-0.39, 0.29) is 5.95 Å². The molecule has 0 bridgehead atoms. The number of hydrogen-bond donors (Lipinski definition) is 3. The van der Waals surface area contributed by atoms with Gasteiger partial charge in [-0.2, -0.15) is 9.97 Å². The predicted octanol–water partition coefficient (Wildman–Crippen LogP) is 1.61. The lowest BCUT2D eigenvalue weighted by Gasteiger charge is -2.11. The van der Waals surface area contributed by atoms with Crippen molar-refractivity contribution in [3.8, 4) is 0 Å². The zero-order valence-electron chi connectivity index (χ0n) is 10.3. The van der Waals surface area contributed by atoms with Crippen LogP contribution in [-0.4, -0.2) is 31.5 Å². The normalized spacial score (nSPS) is 12.7. The van der Waals surface area contributed by atoms with Gasteiger partial charge in [0.15, 0.2) is 11.5 Å². The zero-order valence-corrected chi connectivity index (χ0v) is 11.1. The average Bonchev–Trinajstić information content (AvgIpc) is 3.05. The molecule has 0 saturated heterocycles. The van der Waals surface area contributed by atoms with E-state index in [1.54, 1.807) is 17.7 Å². The average molecular weight is 275 g/mol. The van der Waals surface area contributed by atoms with E-state index in [2.05, 4.69) is 37.2 Å². The van der Waals surface area contributed by atoms with Gasteiger partial charge in [-0.1, -0.05) is 6.92 Å². The first-order valence-corrected chi connectivity index (χ1v) is 6.72. The summed E-state index contributed by atoms with van der Waals surface area (Å²) in [5, 5.41) is 6.33. The van der Waals surface area contributed by atoms with Crippen LogP contribution < -0.4 is 11.1 Å². The van der Waals surface area contributed by atoms with E-state index in [9.17, 15) is 0 Å². The molecule has 0 amide bonds. The smallest absolute Gasteiger partial charge is 0.224 e. The third kappa shape index (κ3) is 2.34.